The quantitative estimate of drug-likeness (QED) is 0.101. The van der Waals surface area contributed by atoms with Crippen LogP contribution in [0.15, 0.2) is 0 Å². The summed E-state index contributed by atoms with van der Waals surface area (Å²) in [5.41, 5.74) is 0. The molecule has 1 saturated heterocycles. The molecule has 0 radical (unpaired) electrons. The lowest BCUT2D eigenvalue weighted by molar-refractivity contribution is -0.150. The Bertz CT molecular complexity index is 2300. The molecule has 0 saturated carbocycles. The topological polar surface area (TPSA) is 308 Å². The number of aliphatic hydroxyl groups is 1. The van der Waals surface area contributed by atoms with Gasteiger partial charge in [-0.1, -0.05) is 109 Å². The monoisotopic (exact) mass is 1200 g/mol. The van der Waals surface area contributed by atoms with Gasteiger partial charge in [-0.15, -0.1) is 0 Å². The number of nitrogens with zero attached hydrogens (tertiary/aromatic N) is 7. The van der Waals surface area contributed by atoms with E-state index in [1.807, 2.05) is 27.7 Å². The summed E-state index contributed by atoms with van der Waals surface area (Å²) in [6.07, 6.45) is 3.10. The molecule has 0 bridgehead atoms. The Labute approximate surface area is 506 Å². The predicted molar refractivity (Wildman–Crippen MR) is 323 cm³/mol. The Balaban J connectivity index is 4.14. The van der Waals surface area contributed by atoms with Crippen LogP contribution < -0.4 is 26.6 Å². The van der Waals surface area contributed by atoms with E-state index < -0.39 is 144 Å². The van der Waals surface area contributed by atoms with Crippen molar-refractivity contribution < 1.29 is 62.6 Å². The highest BCUT2D eigenvalue weighted by Crippen LogP contribution is 2.25. The molecule has 1 fully saturated rings. The van der Waals surface area contributed by atoms with Crippen molar-refractivity contribution in [3.8, 4) is 0 Å². The molecule has 6 N–H and O–H groups in total. The van der Waals surface area contributed by atoms with E-state index in [1.54, 1.807) is 55.4 Å². The fourth-order valence-electron chi connectivity index (χ4n) is 10.4. The Morgan fingerprint density at radius 2 is 1.06 bits per heavy atom. The van der Waals surface area contributed by atoms with Gasteiger partial charge >= 0.3 is 12.1 Å². The predicted octanol–water partition coefficient (Wildman–Crippen LogP) is 3.16. The summed E-state index contributed by atoms with van der Waals surface area (Å²) in [4.78, 5) is 177. The summed E-state index contributed by atoms with van der Waals surface area (Å²) in [5.74, 6) is -9.36. The summed E-state index contributed by atoms with van der Waals surface area (Å²) in [5, 5.41) is 25.4. The fraction of sp³-hybridized carbons (Fsp3) is 0.800. The van der Waals surface area contributed by atoms with E-state index in [-0.39, 0.29) is 49.3 Å². The first kappa shape index (κ1) is 76.6. The van der Waals surface area contributed by atoms with Gasteiger partial charge in [-0.05, 0) is 81.0 Å². The Morgan fingerprint density at radius 3 is 1.56 bits per heavy atom. The van der Waals surface area contributed by atoms with E-state index in [2.05, 4.69) is 26.6 Å². The first-order chi connectivity index (χ1) is 39.3. The van der Waals surface area contributed by atoms with Crippen molar-refractivity contribution in [2.75, 3.05) is 62.4 Å². The van der Waals surface area contributed by atoms with Crippen LogP contribution in [0.1, 0.15) is 161 Å². The van der Waals surface area contributed by atoms with Crippen molar-refractivity contribution >= 4 is 71.1 Å². The number of imide groups is 2. The maximum atomic E-state index is 15.0. The van der Waals surface area contributed by atoms with E-state index >= 15 is 4.79 Å². The fourth-order valence-corrected chi connectivity index (χ4v) is 10.4. The van der Waals surface area contributed by atoms with Gasteiger partial charge in [0.2, 0.25) is 53.2 Å². The minimum atomic E-state index is -1.65. The van der Waals surface area contributed by atoms with Crippen LogP contribution in [0, 0.1) is 35.5 Å². The van der Waals surface area contributed by atoms with Crippen LogP contribution in [-0.2, 0) is 47.9 Å². The molecule has 85 heavy (non-hydrogen) atoms. The molecule has 1 aliphatic rings. The third-order valence-corrected chi connectivity index (χ3v) is 15.8. The lowest BCUT2D eigenvalue weighted by Crippen LogP contribution is -2.63. The third kappa shape index (κ3) is 23.1. The first-order valence-electron chi connectivity index (χ1n) is 30.4. The van der Waals surface area contributed by atoms with E-state index in [0.29, 0.717) is 19.4 Å². The maximum absolute atomic E-state index is 15.0. The Kier molecular flexibility index (Phi) is 32.4. The number of rotatable bonds is 19. The molecule has 14 amide bonds. The van der Waals surface area contributed by atoms with E-state index in [0.717, 1.165) is 50.2 Å². The van der Waals surface area contributed by atoms with Gasteiger partial charge in [0.1, 0.15) is 48.3 Å². The molecule has 0 aromatic carbocycles. The van der Waals surface area contributed by atoms with Gasteiger partial charge in [0.15, 0.2) is 0 Å². The Morgan fingerprint density at radius 1 is 0.553 bits per heavy atom. The number of nitrogens with one attached hydrogen (secondary N) is 5. The van der Waals surface area contributed by atoms with Crippen LogP contribution in [0.2, 0.25) is 0 Å². The van der Waals surface area contributed by atoms with Crippen LogP contribution in [0.3, 0.4) is 0 Å². The van der Waals surface area contributed by atoms with Gasteiger partial charge in [0, 0.05) is 62.8 Å². The summed E-state index contributed by atoms with van der Waals surface area (Å²) in [6.45, 7) is 23.8. The van der Waals surface area contributed by atoms with E-state index in [1.165, 1.54) is 73.0 Å². The van der Waals surface area contributed by atoms with Crippen molar-refractivity contribution in [2.45, 2.75) is 216 Å². The largest absolute Gasteiger partial charge is 0.390 e. The third-order valence-electron chi connectivity index (χ3n) is 15.8. The highest BCUT2D eigenvalue weighted by Gasteiger charge is 2.45. The number of amides is 14. The van der Waals surface area contributed by atoms with Gasteiger partial charge in [-0.2, -0.15) is 0 Å². The van der Waals surface area contributed by atoms with Gasteiger partial charge in [-0.25, -0.2) is 9.59 Å². The molecule has 1 heterocycles. The number of hydrogen-bond acceptors (Lipinski definition) is 13. The molecule has 25 nitrogen and oxygen atoms in total. The summed E-state index contributed by atoms with van der Waals surface area (Å²) in [7, 11) is 9.24. The van der Waals surface area contributed by atoms with Crippen LogP contribution in [0.4, 0.5) is 9.59 Å². The van der Waals surface area contributed by atoms with Gasteiger partial charge < -0.3 is 55.8 Å². The molecule has 1 rings (SSSR count). The standard InChI is InChI=1S/C60H108N12O13/c1-22-42-55(80)66(15)33-46(74)67(16)43(30-34(2)3)53(78)64-47(37(8)9)57(82)68(17)44(31-35(4)5)52(77)62-40(13)51(76)65-59(84)69(18)45(32-36(6)7)56(81)72(21)60(85)71(20)48(38(10)11)58(83)70(19)49(54(79)63-42)50(75)39(12)28-26-24-23-25-27-29-61-41(14)73/h34-40,42-45,47-50,75H,22-33H2,1-21H3,(H,61,73)(H,62,77)(H,63,79)(H,64,78)(H,65,76,84)/t39-,40-,42?,43+,44-,45-,47-,48?,49?,50-/m1/s1. The van der Waals surface area contributed by atoms with Crippen LogP contribution >= 0.6 is 0 Å². The second kappa shape index (κ2) is 35.9. The summed E-state index contributed by atoms with van der Waals surface area (Å²) >= 11 is 0. The normalized spacial score (nSPS) is 24.6. The van der Waals surface area contributed by atoms with Gasteiger partial charge in [0.25, 0.3) is 5.91 Å². The number of aliphatic hydroxyl groups excluding tert-OH is 1. The number of unbranched alkanes of at least 4 members (excludes halogenated alkanes) is 4. The van der Waals surface area contributed by atoms with Crippen LogP contribution in [0.5, 0.6) is 0 Å². The molecular weight excluding hydrogens is 1100 g/mol. The average molecular weight is 1210 g/mol. The lowest BCUT2D eigenvalue weighted by atomic mass is 9.90. The molecule has 0 aromatic rings. The van der Waals surface area contributed by atoms with Gasteiger partial charge in [0.05, 0.1) is 12.6 Å². The molecule has 0 aliphatic carbocycles. The number of hydrogen-bond donors (Lipinski definition) is 6. The first-order valence-corrected chi connectivity index (χ1v) is 30.4. The second-order valence-corrected chi connectivity index (χ2v) is 25.3. The highest BCUT2D eigenvalue weighted by molar-refractivity contribution is 6.03. The zero-order valence-corrected chi connectivity index (χ0v) is 55.1. The zero-order chi connectivity index (χ0) is 65.7. The Hall–Kier alpha value is -6.40. The number of carbonyl (C=O) groups excluding carboxylic acids is 12. The maximum Gasteiger partial charge on any atom is 0.326 e. The number of carbonyl (C=O) groups is 12. The van der Waals surface area contributed by atoms with Crippen molar-refractivity contribution in [3.63, 3.8) is 0 Å². The molecule has 486 valence electrons. The number of likely N-dealkylation sites (N-methyl/N-ethyl adjacent to an activating group) is 7. The average Bonchev–Trinajstić information content (AvgIpc) is 3.02. The highest BCUT2D eigenvalue weighted by atomic mass is 16.3. The molecule has 3 unspecified atom stereocenters. The SMILES string of the molecule is CCC1NC(=O)C([C@H](O)[C@H](C)CCCCCCCNC(C)=O)N(C)C(=O)C(C(C)C)N(C)C(=O)N(C)C(=O)[C@@H](CC(C)C)N(C)C(=O)NC(=O)[C@@H](C)NC(=O)[C@@H](CC(C)C)N(C)C(=O)[C@@H](C(C)C)NC(=O)[C@H](CC(C)C)N(C)C(=O)CN(C)C1=O. The van der Waals surface area contributed by atoms with Crippen LogP contribution in [-0.4, -0.2) is 227 Å². The minimum Gasteiger partial charge on any atom is -0.390 e. The zero-order valence-electron chi connectivity index (χ0n) is 55.1. The van der Waals surface area contributed by atoms with Crippen molar-refractivity contribution in [2.24, 2.45) is 35.5 Å². The van der Waals surface area contributed by atoms with E-state index in [9.17, 15) is 57.8 Å². The molecule has 0 aromatic heterocycles. The summed E-state index contributed by atoms with van der Waals surface area (Å²) < 4.78 is 0. The summed E-state index contributed by atoms with van der Waals surface area (Å²) in [6, 6.07) is -12.5. The minimum absolute atomic E-state index is 0.00421. The molecule has 10 atom stereocenters. The smallest absolute Gasteiger partial charge is 0.326 e. The molecular formula is C60H108N12O13. The van der Waals surface area contributed by atoms with Crippen LogP contribution in [0.25, 0.3) is 0 Å². The number of urea groups is 2. The second-order valence-electron chi connectivity index (χ2n) is 25.3. The molecule has 0 spiro atoms. The lowest BCUT2D eigenvalue weighted by Gasteiger charge is -2.40. The van der Waals surface area contributed by atoms with Gasteiger partial charge in [-0.3, -0.25) is 58.2 Å². The molecule has 1 aliphatic heterocycles. The van der Waals surface area contributed by atoms with Crippen molar-refractivity contribution in [1.29, 1.82) is 0 Å². The van der Waals surface area contributed by atoms with Crippen molar-refractivity contribution in [1.82, 2.24) is 60.9 Å². The van der Waals surface area contributed by atoms with Crippen molar-refractivity contribution in [3.05, 3.63) is 0 Å². The molecule has 25 heteroatoms. The van der Waals surface area contributed by atoms with E-state index in [4.69, 9.17) is 0 Å².